The number of amides is 1. The summed E-state index contributed by atoms with van der Waals surface area (Å²) in [6.07, 6.45) is 2.20. The first-order chi connectivity index (χ1) is 16.9. The highest BCUT2D eigenvalue weighted by Gasteiger charge is 2.30. The van der Waals surface area contributed by atoms with Gasteiger partial charge in [0.25, 0.3) is 17.4 Å². The van der Waals surface area contributed by atoms with E-state index in [2.05, 4.69) is 20.4 Å². The number of fused-ring (bicyclic) bond motifs is 1. The Balaban J connectivity index is 1.17. The molecule has 3 aromatic rings. The van der Waals surface area contributed by atoms with Gasteiger partial charge in [-0.2, -0.15) is 4.39 Å². The van der Waals surface area contributed by atoms with Crippen LogP contribution in [-0.4, -0.2) is 63.1 Å². The molecular formula is C24H26F2N6O3. The molecule has 11 heteroatoms. The molecule has 2 aliphatic heterocycles. The first-order valence-corrected chi connectivity index (χ1v) is 11.7. The van der Waals surface area contributed by atoms with Gasteiger partial charge in [0.1, 0.15) is 23.3 Å². The molecule has 35 heavy (non-hydrogen) atoms. The molecule has 2 aliphatic rings. The van der Waals surface area contributed by atoms with Crippen LogP contribution in [0.25, 0.3) is 11.0 Å². The van der Waals surface area contributed by atoms with Crippen LogP contribution in [0.15, 0.2) is 29.1 Å². The summed E-state index contributed by atoms with van der Waals surface area (Å²) in [6, 6.07) is 5.77. The lowest BCUT2D eigenvalue weighted by molar-refractivity contribution is 0.0112. The Morgan fingerprint density at radius 1 is 1.20 bits per heavy atom. The highest BCUT2D eigenvalue weighted by molar-refractivity contribution is 5.91. The van der Waals surface area contributed by atoms with Gasteiger partial charge in [0.2, 0.25) is 0 Å². The van der Waals surface area contributed by atoms with Gasteiger partial charge in [-0.15, -0.1) is 0 Å². The van der Waals surface area contributed by atoms with Crippen molar-refractivity contribution >= 4 is 16.9 Å². The second-order valence-corrected chi connectivity index (χ2v) is 8.88. The van der Waals surface area contributed by atoms with Crippen LogP contribution in [0.4, 0.5) is 8.78 Å². The van der Waals surface area contributed by atoms with Crippen molar-refractivity contribution in [1.29, 1.82) is 0 Å². The van der Waals surface area contributed by atoms with E-state index in [9.17, 15) is 18.4 Å². The number of nitrogens with one attached hydrogen (secondary N) is 2. The number of H-pyrrole nitrogens is 1. The Morgan fingerprint density at radius 3 is 2.69 bits per heavy atom. The van der Waals surface area contributed by atoms with Gasteiger partial charge in [-0.25, -0.2) is 19.4 Å². The van der Waals surface area contributed by atoms with Crippen molar-refractivity contribution in [2.45, 2.75) is 38.8 Å². The van der Waals surface area contributed by atoms with Gasteiger partial charge < -0.3 is 9.72 Å². The smallest absolute Gasteiger partial charge is 0.284 e. The number of rotatable bonds is 7. The van der Waals surface area contributed by atoms with E-state index in [0.717, 1.165) is 25.9 Å². The summed E-state index contributed by atoms with van der Waals surface area (Å²) in [7, 11) is 0. The molecule has 2 fully saturated rings. The summed E-state index contributed by atoms with van der Waals surface area (Å²) in [5, 5.41) is 1.80. The molecule has 2 aromatic heterocycles. The number of hydrazine groups is 1. The number of ether oxygens (including phenoxy) is 1. The molecule has 2 saturated heterocycles. The molecule has 0 unspecified atom stereocenters. The van der Waals surface area contributed by atoms with Gasteiger partial charge in [-0.1, -0.05) is 6.92 Å². The fourth-order valence-corrected chi connectivity index (χ4v) is 4.36. The third-order valence-electron chi connectivity index (χ3n) is 6.29. The van der Waals surface area contributed by atoms with Crippen LogP contribution in [0.5, 0.6) is 5.75 Å². The van der Waals surface area contributed by atoms with Crippen LogP contribution in [0, 0.1) is 11.8 Å². The van der Waals surface area contributed by atoms with E-state index >= 15 is 0 Å². The largest absolute Gasteiger partial charge is 0.483 e. The highest BCUT2D eigenvalue weighted by Crippen LogP contribution is 2.24. The van der Waals surface area contributed by atoms with Gasteiger partial charge in [0.05, 0.1) is 11.0 Å². The van der Waals surface area contributed by atoms with Crippen LogP contribution < -0.4 is 15.7 Å². The summed E-state index contributed by atoms with van der Waals surface area (Å²) >= 11 is 0. The van der Waals surface area contributed by atoms with Gasteiger partial charge in [0, 0.05) is 44.4 Å². The maximum absolute atomic E-state index is 14.6. The molecule has 4 heterocycles. The quantitative estimate of drug-likeness (QED) is 0.496. The summed E-state index contributed by atoms with van der Waals surface area (Å²) in [6.45, 7) is 4.61. The number of benzene rings is 1. The zero-order chi connectivity index (χ0) is 24.5. The lowest BCUT2D eigenvalue weighted by atomic mass is 10.1. The number of likely N-dealkylation sites (tertiary alicyclic amines) is 1. The third kappa shape index (κ3) is 5.01. The Hall–Kier alpha value is -3.44. The maximum Gasteiger partial charge on any atom is 0.284 e. The second-order valence-electron chi connectivity index (χ2n) is 8.88. The minimum atomic E-state index is -0.846. The predicted octanol–water partition coefficient (Wildman–Crippen LogP) is 2.16. The number of nitrogens with zero attached hydrogens (tertiary/aromatic N) is 4. The van der Waals surface area contributed by atoms with Crippen LogP contribution in [0.3, 0.4) is 0 Å². The number of pyridine rings is 1. The van der Waals surface area contributed by atoms with E-state index in [1.54, 1.807) is 11.1 Å². The average Bonchev–Trinajstić information content (AvgIpc) is 3.32. The Labute approximate surface area is 200 Å². The van der Waals surface area contributed by atoms with Crippen molar-refractivity contribution in [2.75, 3.05) is 26.2 Å². The highest BCUT2D eigenvalue weighted by atomic mass is 19.1. The van der Waals surface area contributed by atoms with Crippen molar-refractivity contribution < 1.29 is 18.3 Å². The zero-order valence-electron chi connectivity index (χ0n) is 19.3. The number of carbonyl (C=O) groups excluding carboxylic acids is 1. The average molecular weight is 485 g/mol. The van der Waals surface area contributed by atoms with Crippen LogP contribution in [-0.2, 0) is 13.0 Å². The van der Waals surface area contributed by atoms with E-state index in [4.69, 9.17) is 4.74 Å². The number of hydrogen-bond donors (Lipinski definition) is 2. The number of aromatic amines is 1. The van der Waals surface area contributed by atoms with Crippen LogP contribution in [0.1, 0.15) is 41.5 Å². The molecule has 184 valence electrons. The summed E-state index contributed by atoms with van der Waals surface area (Å²) in [4.78, 5) is 37.0. The summed E-state index contributed by atoms with van der Waals surface area (Å²) in [5.74, 6) is -1.73. The predicted molar refractivity (Wildman–Crippen MR) is 124 cm³/mol. The second kappa shape index (κ2) is 9.67. The van der Waals surface area contributed by atoms with Gasteiger partial charge in [-0.05, 0) is 37.5 Å². The van der Waals surface area contributed by atoms with Crippen molar-refractivity contribution in [3.8, 4) is 5.75 Å². The molecule has 0 bridgehead atoms. The number of halogens is 2. The lowest BCUT2D eigenvalue weighted by Gasteiger charge is -2.39. The third-order valence-corrected chi connectivity index (χ3v) is 6.29. The minimum Gasteiger partial charge on any atom is -0.483 e. The SMILES string of the molecule is CCc1nc2cc(F)c(CN3CC(Oc4ccc(C(=O)NN5CCCC5)nc4F)C3)cc2[nH]c1=O. The molecule has 2 N–H and O–H groups in total. The molecular weight excluding hydrogens is 458 g/mol. The molecule has 0 atom stereocenters. The first kappa shape index (κ1) is 23.3. The Kier molecular flexibility index (Phi) is 6.44. The number of aryl methyl sites for hydroxylation is 1. The van der Waals surface area contributed by atoms with Crippen molar-refractivity contribution in [1.82, 2.24) is 30.3 Å². The fraction of sp³-hybridized carbons (Fsp3) is 0.417. The monoisotopic (exact) mass is 484 g/mol. The molecule has 5 rings (SSSR count). The van der Waals surface area contributed by atoms with Crippen molar-refractivity contribution in [3.63, 3.8) is 0 Å². The van der Waals surface area contributed by atoms with E-state index in [1.807, 2.05) is 11.8 Å². The number of carbonyl (C=O) groups is 1. The van der Waals surface area contributed by atoms with Gasteiger partial charge in [0.15, 0.2) is 5.75 Å². The van der Waals surface area contributed by atoms with Gasteiger partial charge >= 0.3 is 0 Å². The molecule has 0 aliphatic carbocycles. The number of aromatic nitrogens is 3. The van der Waals surface area contributed by atoms with Crippen LogP contribution >= 0.6 is 0 Å². The fourth-order valence-electron chi connectivity index (χ4n) is 4.36. The first-order valence-electron chi connectivity index (χ1n) is 11.7. The Bertz CT molecular complexity index is 1320. The van der Waals surface area contributed by atoms with E-state index in [-0.39, 0.29) is 23.1 Å². The maximum atomic E-state index is 14.6. The Morgan fingerprint density at radius 2 is 1.97 bits per heavy atom. The van der Waals surface area contributed by atoms with E-state index in [0.29, 0.717) is 48.3 Å². The summed E-state index contributed by atoms with van der Waals surface area (Å²) in [5.41, 5.74) is 4.13. The molecule has 1 aromatic carbocycles. The molecule has 0 spiro atoms. The lowest BCUT2D eigenvalue weighted by Crippen LogP contribution is -2.53. The van der Waals surface area contributed by atoms with Gasteiger partial charge in [-0.3, -0.25) is 19.9 Å². The standard InChI is InChI=1S/C24H26F2N6O3/c1-2-17-23(33)29-19-9-14(16(25)10-20(19)27-17)11-31-12-15(13-31)35-21-6-5-18(28-22(21)26)24(34)30-32-7-3-4-8-32/h5-6,9-10,15H,2-4,7-8,11-13H2,1H3,(H,29,33)(H,30,34). The van der Waals surface area contributed by atoms with Crippen molar-refractivity contribution in [3.05, 3.63) is 63.3 Å². The zero-order valence-corrected chi connectivity index (χ0v) is 19.3. The van der Waals surface area contributed by atoms with Crippen molar-refractivity contribution in [2.24, 2.45) is 0 Å². The molecule has 0 saturated carbocycles. The minimum absolute atomic E-state index is 0.0117. The number of hydrogen-bond acceptors (Lipinski definition) is 7. The molecule has 1 amide bonds. The summed E-state index contributed by atoms with van der Waals surface area (Å²) < 4.78 is 34.8. The van der Waals surface area contributed by atoms with E-state index < -0.39 is 17.7 Å². The van der Waals surface area contributed by atoms with Crippen LogP contribution in [0.2, 0.25) is 0 Å². The normalized spacial score (nSPS) is 17.0. The topological polar surface area (TPSA) is 103 Å². The van der Waals surface area contributed by atoms with E-state index in [1.165, 1.54) is 18.2 Å². The molecule has 9 nitrogen and oxygen atoms in total. The molecule has 0 radical (unpaired) electrons.